The molecule has 0 atom stereocenters. The molecule has 0 radical (unpaired) electrons. The number of hydrogen-bond donors (Lipinski definition) is 0. The van der Waals surface area contributed by atoms with E-state index in [1.165, 1.54) is 5.56 Å². The smallest absolute Gasteiger partial charge is 0.131 e. The van der Waals surface area contributed by atoms with Crippen molar-refractivity contribution in [3.63, 3.8) is 0 Å². The van der Waals surface area contributed by atoms with Gasteiger partial charge in [-0.15, -0.1) is 0 Å². The third-order valence-electron chi connectivity index (χ3n) is 3.08. The van der Waals surface area contributed by atoms with Crippen molar-refractivity contribution in [1.29, 1.82) is 5.26 Å². The Labute approximate surface area is 128 Å². The van der Waals surface area contributed by atoms with Gasteiger partial charge in [-0.25, -0.2) is 0 Å². The van der Waals surface area contributed by atoms with Crippen LogP contribution in [-0.2, 0) is 0 Å². The molecule has 0 saturated carbocycles. The third kappa shape index (κ3) is 3.20. The topological polar surface area (TPSA) is 33.0 Å². The van der Waals surface area contributed by atoms with E-state index in [0.29, 0.717) is 11.5 Å². The van der Waals surface area contributed by atoms with Crippen LogP contribution in [-0.4, -0.2) is 0 Å². The molecule has 0 aliphatic heterocycles. The molecule has 0 aliphatic rings. The normalized spacial score (nSPS) is 10.4. The number of hydrogen-bond acceptors (Lipinski definition) is 2. The van der Waals surface area contributed by atoms with Crippen molar-refractivity contribution in [3.05, 3.63) is 57.6 Å². The summed E-state index contributed by atoms with van der Waals surface area (Å²) in [6.45, 7) is 6.34. The fourth-order valence-electron chi connectivity index (χ4n) is 1.98. The van der Waals surface area contributed by atoms with E-state index in [1.807, 2.05) is 25.1 Å². The molecule has 102 valence electrons. The van der Waals surface area contributed by atoms with Gasteiger partial charge in [-0.2, -0.15) is 5.26 Å². The molecule has 20 heavy (non-hydrogen) atoms. The maximum atomic E-state index is 8.93. The highest BCUT2D eigenvalue weighted by Gasteiger charge is 2.10. The monoisotopic (exact) mass is 329 g/mol. The van der Waals surface area contributed by atoms with E-state index in [4.69, 9.17) is 10.00 Å². The fraction of sp³-hybridized carbons (Fsp3) is 0.235. The van der Waals surface area contributed by atoms with Crippen LogP contribution in [0, 0.1) is 18.3 Å². The quantitative estimate of drug-likeness (QED) is 0.740. The average molecular weight is 330 g/mol. The standard InChI is InChI=1S/C17H16BrNO/c1-11(2)15-7-4-12(3)8-17(15)20-14-6-5-13(10-19)16(18)9-14/h4-9,11H,1-3H3. The second kappa shape index (κ2) is 6.11. The first-order valence-corrected chi connectivity index (χ1v) is 7.28. The van der Waals surface area contributed by atoms with Crippen molar-refractivity contribution >= 4 is 15.9 Å². The highest BCUT2D eigenvalue weighted by Crippen LogP contribution is 2.33. The van der Waals surface area contributed by atoms with E-state index in [9.17, 15) is 0 Å². The van der Waals surface area contributed by atoms with Gasteiger partial charge in [0.15, 0.2) is 0 Å². The number of nitrogens with zero attached hydrogens (tertiary/aromatic N) is 1. The summed E-state index contributed by atoms with van der Waals surface area (Å²) in [4.78, 5) is 0. The minimum absolute atomic E-state index is 0.396. The van der Waals surface area contributed by atoms with Crippen LogP contribution in [0.5, 0.6) is 11.5 Å². The maximum Gasteiger partial charge on any atom is 0.131 e. The summed E-state index contributed by atoms with van der Waals surface area (Å²) in [7, 11) is 0. The van der Waals surface area contributed by atoms with E-state index in [2.05, 4.69) is 48.0 Å². The van der Waals surface area contributed by atoms with Crippen molar-refractivity contribution in [2.45, 2.75) is 26.7 Å². The Kier molecular flexibility index (Phi) is 4.46. The van der Waals surface area contributed by atoms with E-state index in [1.54, 1.807) is 6.07 Å². The molecule has 0 heterocycles. The first-order chi connectivity index (χ1) is 9.51. The van der Waals surface area contributed by atoms with E-state index >= 15 is 0 Å². The average Bonchev–Trinajstić information content (AvgIpc) is 2.38. The number of halogens is 1. The Hall–Kier alpha value is -1.79. The van der Waals surface area contributed by atoms with Gasteiger partial charge >= 0.3 is 0 Å². The largest absolute Gasteiger partial charge is 0.457 e. The molecule has 0 aliphatic carbocycles. The number of rotatable bonds is 3. The molecule has 0 N–H and O–H groups in total. The lowest BCUT2D eigenvalue weighted by Gasteiger charge is -2.15. The van der Waals surface area contributed by atoms with Crippen molar-refractivity contribution < 1.29 is 4.74 Å². The predicted molar refractivity (Wildman–Crippen MR) is 84.2 cm³/mol. The van der Waals surface area contributed by atoms with E-state index < -0.39 is 0 Å². The number of aryl methyl sites for hydroxylation is 1. The molecule has 2 rings (SSSR count). The number of benzene rings is 2. The summed E-state index contributed by atoms with van der Waals surface area (Å²) in [5, 5.41) is 8.93. The summed E-state index contributed by atoms with van der Waals surface area (Å²) >= 11 is 3.38. The van der Waals surface area contributed by atoms with E-state index in [0.717, 1.165) is 21.5 Å². The van der Waals surface area contributed by atoms with Gasteiger partial charge in [0.1, 0.15) is 17.6 Å². The zero-order valence-electron chi connectivity index (χ0n) is 11.8. The summed E-state index contributed by atoms with van der Waals surface area (Å²) in [6.07, 6.45) is 0. The molecule has 0 amide bonds. The predicted octanol–water partition coefficient (Wildman–Crippen LogP) is 5.54. The molecule has 3 heteroatoms. The van der Waals surface area contributed by atoms with Crippen molar-refractivity contribution in [1.82, 2.24) is 0 Å². The summed E-state index contributed by atoms with van der Waals surface area (Å²) in [5.74, 6) is 1.99. The molecular formula is C17H16BrNO. The van der Waals surface area contributed by atoms with Gasteiger partial charge in [0, 0.05) is 4.47 Å². The van der Waals surface area contributed by atoms with Crippen molar-refractivity contribution in [2.75, 3.05) is 0 Å². The van der Waals surface area contributed by atoms with Crippen LogP contribution in [0.3, 0.4) is 0 Å². The Morgan fingerprint density at radius 2 is 1.90 bits per heavy atom. The minimum atomic E-state index is 0.396. The first kappa shape index (κ1) is 14.6. The Balaban J connectivity index is 2.37. The van der Waals surface area contributed by atoms with Crippen LogP contribution in [0.2, 0.25) is 0 Å². The van der Waals surface area contributed by atoms with Gasteiger partial charge in [0.05, 0.1) is 5.56 Å². The van der Waals surface area contributed by atoms with Gasteiger partial charge in [-0.05, 0) is 64.2 Å². The maximum absolute atomic E-state index is 8.93. The second-order valence-electron chi connectivity index (χ2n) is 5.05. The molecule has 2 aromatic rings. The van der Waals surface area contributed by atoms with Crippen LogP contribution >= 0.6 is 15.9 Å². The molecule has 2 aromatic carbocycles. The molecule has 0 saturated heterocycles. The Morgan fingerprint density at radius 3 is 2.50 bits per heavy atom. The van der Waals surface area contributed by atoms with Gasteiger partial charge in [-0.1, -0.05) is 26.0 Å². The van der Waals surface area contributed by atoms with Gasteiger partial charge in [-0.3, -0.25) is 0 Å². The van der Waals surface area contributed by atoms with Gasteiger partial charge < -0.3 is 4.74 Å². The summed E-state index contributed by atoms with van der Waals surface area (Å²) < 4.78 is 6.74. The zero-order chi connectivity index (χ0) is 14.7. The van der Waals surface area contributed by atoms with Crippen LogP contribution in [0.4, 0.5) is 0 Å². The molecule has 2 nitrogen and oxygen atoms in total. The fourth-order valence-corrected chi connectivity index (χ4v) is 2.43. The second-order valence-corrected chi connectivity index (χ2v) is 5.91. The lowest BCUT2D eigenvalue weighted by molar-refractivity contribution is 0.472. The van der Waals surface area contributed by atoms with Crippen molar-refractivity contribution in [3.8, 4) is 17.6 Å². The Morgan fingerprint density at radius 1 is 1.15 bits per heavy atom. The lowest BCUT2D eigenvalue weighted by atomic mass is 10.0. The zero-order valence-corrected chi connectivity index (χ0v) is 13.4. The Bertz CT molecular complexity index is 671. The molecule has 0 aromatic heterocycles. The SMILES string of the molecule is Cc1ccc(C(C)C)c(Oc2ccc(C#N)c(Br)c2)c1. The lowest BCUT2D eigenvalue weighted by Crippen LogP contribution is -1.95. The molecule has 0 spiro atoms. The van der Waals surface area contributed by atoms with Crippen LogP contribution in [0.15, 0.2) is 40.9 Å². The number of ether oxygens (including phenoxy) is 1. The highest BCUT2D eigenvalue weighted by atomic mass is 79.9. The van der Waals surface area contributed by atoms with Crippen LogP contribution in [0.1, 0.15) is 36.5 Å². The summed E-state index contributed by atoms with van der Waals surface area (Å²) in [5.41, 5.74) is 2.94. The minimum Gasteiger partial charge on any atom is -0.457 e. The van der Waals surface area contributed by atoms with Gasteiger partial charge in [0.2, 0.25) is 0 Å². The van der Waals surface area contributed by atoms with Gasteiger partial charge in [0.25, 0.3) is 0 Å². The third-order valence-corrected chi connectivity index (χ3v) is 3.74. The highest BCUT2D eigenvalue weighted by molar-refractivity contribution is 9.10. The first-order valence-electron chi connectivity index (χ1n) is 6.49. The number of nitriles is 1. The van der Waals surface area contributed by atoms with Crippen LogP contribution in [0.25, 0.3) is 0 Å². The van der Waals surface area contributed by atoms with E-state index in [-0.39, 0.29) is 0 Å². The molecular weight excluding hydrogens is 314 g/mol. The molecule has 0 fully saturated rings. The molecule has 0 bridgehead atoms. The van der Waals surface area contributed by atoms with Crippen LogP contribution < -0.4 is 4.74 Å². The summed E-state index contributed by atoms with van der Waals surface area (Å²) in [6, 6.07) is 13.8. The molecule has 0 unspecified atom stereocenters. The van der Waals surface area contributed by atoms with Crippen molar-refractivity contribution in [2.24, 2.45) is 0 Å².